The van der Waals surface area contributed by atoms with Crippen LogP contribution < -0.4 is 15.4 Å². The van der Waals surface area contributed by atoms with E-state index in [1.165, 1.54) is 12.1 Å². The maximum absolute atomic E-state index is 12.2. The first kappa shape index (κ1) is 18.3. The van der Waals surface area contributed by atoms with Gasteiger partial charge in [0.2, 0.25) is 5.91 Å². The molecule has 1 atom stereocenters. The SMILES string of the molecule is O=C(NCc1cccc(-c2ccc(OC(F)(F)F)cc2)c1)C1CCCN1. The molecule has 0 radical (unpaired) electrons. The Labute approximate surface area is 149 Å². The van der Waals surface area contributed by atoms with E-state index in [4.69, 9.17) is 0 Å². The summed E-state index contributed by atoms with van der Waals surface area (Å²) in [5.74, 6) is -0.268. The van der Waals surface area contributed by atoms with E-state index in [2.05, 4.69) is 15.4 Å². The third-order valence-electron chi connectivity index (χ3n) is 4.19. The Morgan fingerprint density at radius 3 is 2.58 bits per heavy atom. The molecule has 7 heteroatoms. The first-order chi connectivity index (χ1) is 12.4. The number of rotatable bonds is 5. The summed E-state index contributed by atoms with van der Waals surface area (Å²) in [6.07, 6.45) is -2.85. The lowest BCUT2D eigenvalue weighted by Crippen LogP contribution is -2.39. The van der Waals surface area contributed by atoms with Crippen molar-refractivity contribution in [1.29, 1.82) is 0 Å². The van der Waals surface area contributed by atoms with Gasteiger partial charge in [-0.05, 0) is 54.3 Å². The van der Waals surface area contributed by atoms with Crippen molar-refractivity contribution < 1.29 is 22.7 Å². The topological polar surface area (TPSA) is 50.4 Å². The van der Waals surface area contributed by atoms with E-state index in [-0.39, 0.29) is 17.7 Å². The summed E-state index contributed by atoms with van der Waals surface area (Å²) in [5, 5.41) is 6.06. The minimum Gasteiger partial charge on any atom is -0.406 e. The molecule has 2 aromatic rings. The fraction of sp³-hybridized carbons (Fsp3) is 0.316. The molecule has 2 aromatic carbocycles. The molecular weight excluding hydrogens is 345 g/mol. The zero-order valence-corrected chi connectivity index (χ0v) is 14.0. The molecule has 1 saturated heterocycles. The molecule has 26 heavy (non-hydrogen) atoms. The van der Waals surface area contributed by atoms with E-state index < -0.39 is 6.36 Å². The maximum atomic E-state index is 12.2. The van der Waals surface area contributed by atoms with E-state index in [1.807, 2.05) is 24.3 Å². The van der Waals surface area contributed by atoms with Gasteiger partial charge >= 0.3 is 6.36 Å². The van der Waals surface area contributed by atoms with E-state index >= 15 is 0 Å². The van der Waals surface area contributed by atoms with Gasteiger partial charge in [-0.1, -0.05) is 30.3 Å². The van der Waals surface area contributed by atoms with E-state index in [1.54, 1.807) is 12.1 Å². The lowest BCUT2D eigenvalue weighted by atomic mass is 10.0. The van der Waals surface area contributed by atoms with E-state index in [9.17, 15) is 18.0 Å². The molecule has 1 amide bonds. The molecule has 1 aliphatic rings. The Morgan fingerprint density at radius 1 is 1.15 bits per heavy atom. The first-order valence-corrected chi connectivity index (χ1v) is 8.37. The van der Waals surface area contributed by atoms with Crippen molar-refractivity contribution in [2.24, 2.45) is 0 Å². The lowest BCUT2D eigenvalue weighted by molar-refractivity contribution is -0.274. The van der Waals surface area contributed by atoms with Gasteiger partial charge in [-0.15, -0.1) is 13.2 Å². The highest BCUT2D eigenvalue weighted by molar-refractivity contribution is 5.82. The van der Waals surface area contributed by atoms with E-state index in [0.29, 0.717) is 6.54 Å². The van der Waals surface area contributed by atoms with Crippen molar-refractivity contribution in [2.75, 3.05) is 6.54 Å². The van der Waals surface area contributed by atoms with Crippen LogP contribution in [-0.2, 0) is 11.3 Å². The highest BCUT2D eigenvalue weighted by Gasteiger charge is 2.31. The normalized spacial score (nSPS) is 17.1. The molecule has 1 unspecified atom stereocenters. The molecule has 0 aromatic heterocycles. The van der Waals surface area contributed by atoms with Crippen LogP contribution in [0.3, 0.4) is 0 Å². The second kappa shape index (κ2) is 7.78. The lowest BCUT2D eigenvalue weighted by Gasteiger charge is -2.12. The number of hydrogen-bond acceptors (Lipinski definition) is 3. The number of benzene rings is 2. The zero-order chi connectivity index (χ0) is 18.6. The summed E-state index contributed by atoms with van der Waals surface area (Å²) >= 11 is 0. The van der Waals surface area contributed by atoms with Crippen molar-refractivity contribution in [2.45, 2.75) is 31.8 Å². The molecule has 1 fully saturated rings. The van der Waals surface area contributed by atoms with Gasteiger partial charge in [-0.2, -0.15) is 0 Å². The van der Waals surface area contributed by atoms with Crippen molar-refractivity contribution in [3.8, 4) is 16.9 Å². The highest BCUT2D eigenvalue weighted by Crippen LogP contribution is 2.27. The van der Waals surface area contributed by atoms with Gasteiger partial charge in [0.15, 0.2) is 0 Å². The number of carbonyl (C=O) groups is 1. The minimum absolute atomic E-state index is 0.0124. The van der Waals surface area contributed by atoms with Crippen LogP contribution in [0.25, 0.3) is 11.1 Å². The standard InChI is InChI=1S/C19H19F3N2O2/c20-19(21,22)26-16-8-6-14(7-9-16)15-4-1-3-13(11-15)12-24-18(25)17-5-2-10-23-17/h1,3-4,6-9,11,17,23H,2,5,10,12H2,(H,24,25). The van der Waals surface area contributed by atoms with Gasteiger partial charge in [0.1, 0.15) is 5.75 Å². The van der Waals surface area contributed by atoms with Gasteiger partial charge in [-0.25, -0.2) is 0 Å². The van der Waals surface area contributed by atoms with Gasteiger partial charge in [0, 0.05) is 6.54 Å². The number of hydrogen-bond donors (Lipinski definition) is 2. The molecule has 2 N–H and O–H groups in total. The maximum Gasteiger partial charge on any atom is 0.573 e. The third-order valence-corrected chi connectivity index (χ3v) is 4.19. The molecule has 0 spiro atoms. The highest BCUT2D eigenvalue weighted by atomic mass is 19.4. The summed E-state index contributed by atoms with van der Waals surface area (Å²) in [5.41, 5.74) is 2.55. The molecule has 4 nitrogen and oxygen atoms in total. The van der Waals surface area contributed by atoms with Crippen molar-refractivity contribution in [3.05, 3.63) is 54.1 Å². The summed E-state index contributed by atoms with van der Waals surface area (Å²) in [6, 6.07) is 13.1. The van der Waals surface area contributed by atoms with Gasteiger partial charge in [0.05, 0.1) is 6.04 Å². The Hall–Kier alpha value is -2.54. The minimum atomic E-state index is -4.70. The monoisotopic (exact) mass is 364 g/mol. The Balaban J connectivity index is 1.64. The second-order valence-electron chi connectivity index (χ2n) is 6.14. The van der Waals surface area contributed by atoms with Crippen LogP contribution in [0.2, 0.25) is 0 Å². The first-order valence-electron chi connectivity index (χ1n) is 8.37. The summed E-state index contributed by atoms with van der Waals surface area (Å²) in [6.45, 7) is 1.27. The third kappa shape index (κ3) is 4.98. The van der Waals surface area contributed by atoms with Gasteiger partial charge in [-0.3, -0.25) is 4.79 Å². The van der Waals surface area contributed by atoms with Crippen LogP contribution in [0.15, 0.2) is 48.5 Å². The molecule has 1 aliphatic heterocycles. The molecule has 1 heterocycles. The predicted octanol–water partition coefficient (Wildman–Crippen LogP) is 3.62. The van der Waals surface area contributed by atoms with Crippen molar-refractivity contribution in [1.82, 2.24) is 10.6 Å². The Morgan fingerprint density at radius 2 is 1.92 bits per heavy atom. The largest absolute Gasteiger partial charge is 0.573 e. The average Bonchev–Trinajstić information content (AvgIpc) is 3.14. The summed E-state index contributed by atoms with van der Waals surface area (Å²) < 4.78 is 40.5. The summed E-state index contributed by atoms with van der Waals surface area (Å²) in [7, 11) is 0. The molecule has 138 valence electrons. The fourth-order valence-corrected chi connectivity index (χ4v) is 2.93. The molecule has 0 bridgehead atoms. The van der Waals surface area contributed by atoms with Crippen LogP contribution in [0.5, 0.6) is 5.75 Å². The van der Waals surface area contributed by atoms with Crippen LogP contribution in [0.4, 0.5) is 13.2 Å². The molecule has 3 rings (SSSR count). The van der Waals surface area contributed by atoms with Crippen molar-refractivity contribution in [3.63, 3.8) is 0 Å². The fourth-order valence-electron chi connectivity index (χ4n) is 2.93. The van der Waals surface area contributed by atoms with Crippen LogP contribution in [-0.4, -0.2) is 24.9 Å². The summed E-state index contributed by atoms with van der Waals surface area (Å²) in [4.78, 5) is 12.0. The van der Waals surface area contributed by atoms with Crippen LogP contribution in [0.1, 0.15) is 18.4 Å². The number of nitrogens with one attached hydrogen (secondary N) is 2. The number of amides is 1. The molecule has 0 saturated carbocycles. The second-order valence-corrected chi connectivity index (χ2v) is 6.14. The molecular formula is C19H19F3N2O2. The Kier molecular flexibility index (Phi) is 5.46. The van der Waals surface area contributed by atoms with Gasteiger partial charge in [0.25, 0.3) is 0 Å². The average molecular weight is 364 g/mol. The van der Waals surface area contributed by atoms with Crippen molar-refractivity contribution >= 4 is 5.91 Å². The number of carbonyl (C=O) groups excluding carboxylic acids is 1. The van der Waals surface area contributed by atoms with E-state index in [0.717, 1.165) is 36.1 Å². The Bertz CT molecular complexity index is 754. The van der Waals surface area contributed by atoms with Crippen LogP contribution in [0, 0.1) is 0 Å². The quantitative estimate of drug-likeness (QED) is 0.852. The predicted molar refractivity (Wildman–Crippen MR) is 91.4 cm³/mol. The zero-order valence-electron chi connectivity index (χ0n) is 14.0. The number of alkyl halides is 3. The van der Waals surface area contributed by atoms with Gasteiger partial charge < -0.3 is 15.4 Å². The molecule has 0 aliphatic carbocycles. The van der Waals surface area contributed by atoms with Crippen LogP contribution >= 0.6 is 0 Å². The smallest absolute Gasteiger partial charge is 0.406 e. The number of halogens is 3. The number of ether oxygens (including phenoxy) is 1.